The maximum absolute atomic E-state index is 12.6. The number of alkyl halides is 4. The SMILES string of the molecule is CN=C(NCc1ccc(OC)c(OC(F)F)c1)NCc1cc(C)ccc1OC(F)F. The van der Waals surface area contributed by atoms with E-state index < -0.39 is 13.2 Å². The molecular formula is C20H23F4N3O3. The van der Waals surface area contributed by atoms with Gasteiger partial charge in [0.25, 0.3) is 0 Å². The van der Waals surface area contributed by atoms with Gasteiger partial charge < -0.3 is 24.8 Å². The molecule has 2 rings (SSSR count). The lowest BCUT2D eigenvalue weighted by Crippen LogP contribution is -2.36. The summed E-state index contributed by atoms with van der Waals surface area (Å²) in [5.41, 5.74) is 2.07. The third-order valence-electron chi connectivity index (χ3n) is 4.01. The maximum atomic E-state index is 12.6. The molecule has 0 atom stereocenters. The van der Waals surface area contributed by atoms with Crippen LogP contribution in [0.4, 0.5) is 17.6 Å². The Kier molecular flexibility index (Phi) is 8.57. The van der Waals surface area contributed by atoms with Crippen molar-refractivity contribution < 1.29 is 31.8 Å². The summed E-state index contributed by atoms with van der Waals surface area (Å²) in [5.74, 6) is 0.560. The highest BCUT2D eigenvalue weighted by atomic mass is 19.3. The molecule has 0 radical (unpaired) electrons. The van der Waals surface area contributed by atoms with Crippen LogP contribution in [0.1, 0.15) is 16.7 Å². The van der Waals surface area contributed by atoms with E-state index in [0.717, 1.165) is 5.56 Å². The number of rotatable bonds is 9. The Labute approximate surface area is 171 Å². The van der Waals surface area contributed by atoms with Gasteiger partial charge in [-0.2, -0.15) is 17.6 Å². The summed E-state index contributed by atoms with van der Waals surface area (Å²) < 4.78 is 64.3. The number of halogens is 4. The lowest BCUT2D eigenvalue weighted by molar-refractivity contribution is -0.0516. The summed E-state index contributed by atoms with van der Waals surface area (Å²) >= 11 is 0. The van der Waals surface area contributed by atoms with Gasteiger partial charge in [-0.25, -0.2) is 0 Å². The third kappa shape index (κ3) is 7.02. The average molecular weight is 429 g/mol. The van der Waals surface area contributed by atoms with Crippen molar-refractivity contribution in [3.63, 3.8) is 0 Å². The van der Waals surface area contributed by atoms with Crippen LogP contribution in [0.3, 0.4) is 0 Å². The highest BCUT2D eigenvalue weighted by Crippen LogP contribution is 2.29. The molecule has 0 aliphatic heterocycles. The molecule has 0 aliphatic rings. The fourth-order valence-electron chi connectivity index (χ4n) is 2.66. The maximum Gasteiger partial charge on any atom is 0.387 e. The Morgan fingerprint density at radius 2 is 1.53 bits per heavy atom. The topological polar surface area (TPSA) is 64.1 Å². The number of ether oxygens (including phenoxy) is 3. The van der Waals surface area contributed by atoms with Crippen LogP contribution in [-0.2, 0) is 13.1 Å². The molecule has 164 valence electrons. The van der Waals surface area contributed by atoms with Gasteiger partial charge in [0, 0.05) is 25.7 Å². The first-order valence-electron chi connectivity index (χ1n) is 8.93. The molecule has 0 fully saturated rings. The lowest BCUT2D eigenvalue weighted by Gasteiger charge is -2.16. The Balaban J connectivity index is 2.02. The molecule has 0 amide bonds. The molecule has 10 heteroatoms. The van der Waals surface area contributed by atoms with E-state index in [-0.39, 0.29) is 30.3 Å². The van der Waals surface area contributed by atoms with Crippen LogP contribution in [0.15, 0.2) is 41.4 Å². The second kappa shape index (κ2) is 11.1. The molecule has 2 N–H and O–H groups in total. The van der Waals surface area contributed by atoms with Crippen LogP contribution in [0, 0.1) is 6.92 Å². The molecule has 0 unspecified atom stereocenters. The quantitative estimate of drug-likeness (QED) is 0.358. The van der Waals surface area contributed by atoms with Gasteiger partial charge in [-0.05, 0) is 30.7 Å². The van der Waals surface area contributed by atoms with Gasteiger partial charge in [-0.1, -0.05) is 23.8 Å². The minimum Gasteiger partial charge on any atom is -0.493 e. The minimum atomic E-state index is -2.98. The first kappa shape index (κ1) is 23.1. The highest BCUT2D eigenvalue weighted by molar-refractivity contribution is 5.79. The van der Waals surface area contributed by atoms with Crippen LogP contribution in [0.2, 0.25) is 0 Å². The molecule has 0 aromatic heterocycles. The van der Waals surface area contributed by atoms with E-state index >= 15 is 0 Å². The van der Waals surface area contributed by atoms with Crippen molar-refractivity contribution in [2.24, 2.45) is 4.99 Å². The third-order valence-corrected chi connectivity index (χ3v) is 4.01. The molecule has 30 heavy (non-hydrogen) atoms. The Bertz CT molecular complexity index is 863. The van der Waals surface area contributed by atoms with Crippen molar-refractivity contribution in [2.45, 2.75) is 33.2 Å². The number of benzene rings is 2. The zero-order valence-electron chi connectivity index (χ0n) is 16.7. The van der Waals surface area contributed by atoms with Gasteiger partial charge in [-0.3, -0.25) is 4.99 Å². The number of aliphatic imine (C=N–C) groups is 1. The molecule has 0 saturated carbocycles. The monoisotopic (exact) mass is 429 g/mol. The summed E-state index contributed by atoms with van der Waals surface area (Å²) in [6, 6.07) is 9.53. The van der Waals surface area contributed by atoms with Crippen molar-refractivity contribution in [3.05, 3.63) is 53.1 Å². The van der Waals surface area contributed by atoms with E-state index in [1.807, 2.05) is 6.92 Å². The number of nitrogens with one attached hydrogen (secondary N) is 2. The lowest BCUT2D eigenvalue weighted by atomic mass is 10.1. The van der Waals surface area contributed by atoms with Gasteiger partial charge in [-0.15, -0.1) is 0 Å². The largest absolute Gasteiger partial charge is 0.493 e. The van der Waals surface area contributed by atoms with E-state index in [2.05, 4.69) is 25.1 Å². The number of methoxy groups -OCH3 is 1. The summed E-state index contributed by atoms with van der Waals surface area (Å²) in [6.45, 7) is -3.63. The number of aryl methyl sites for hydroxylation is 1. The summed E-state index contributed by atoms with van der Waals surface area (Å²) in [6.07, 6.45) is 0. The van der Waals surface area contributed by atoms with Crippen molar-refractivity contribution in [1.82, 2.24) is 10.6 Å². The zero-order valence-corrected chi connectivity index (χ0v) is 16.7. The first-order chi connectivity index (χ1) is 14.3. The molecule has 6 nitrogen and oxygen atoms in total. The number of guanidine groups is 1. The number of hydrogen-bond acceptors (Lipinski definition) is 4. The predicted molar refractivity (Wildman–Crippen MR) is 104 cm³/mol. The Morgan fingerprint density at radius 1 is 0.900 bits per heavy atom. The van der Waals surface area contributed by atoms with Crippen molar-refractivity contribution >= 4 is 5.96 Å². The second-order valence-electron chi connectivity index (χ2n) is 6.13. The molecule has 0 aliphatic carbocycles. The van der Waals surface area contributed by atoms with Gasteiger partial charge >= 0.3 is 13.2 Å². The Morgan fingerprint density at radius 3 is 2.17 bits per heavy atom. The van der Waals surface area contributed by atoms with Crippen molar-refractivity contribution in [3.8, 4) is 17.2 Å². The standard InChI is InChI=1S/C20H23F4N3O3/c1-12-4-6-15(29-18(21)22)14(8-12)11-27-20(25-2)26-10-13-5-7-16(28-3)17(9-13)30-19(23)24/h4-9,18-19H,10-11H2,1-3H3,(H2,25,26,27). The summed E-state index contributed by atoms with van der Waals surface area (Å²) in [7, 11) is 2.90. The van der Waals surface area contributed by atoms with Gasteiger partial charge in [0.15, 0.2) is 17.5 Å². The zero-order chi connectivity index (χ0) is 22.1. The molecular weight excluding hydrogens is 406 g/mol. The fourth-order valence-corrected chi connectivity index (χ4v) is 2.66. The van der Waals surface area contributed by atoms with E-state index in [1.165, 1.54) is 25.3 Å². The molecule has 0 saturated heterocycles. The van der Waals surface area contributed by atoms with Gasteiger partial charge in [0.2, 0.25) is 0 Å². The fraction of sp³-hybridized carbons (Fsp3) is 0.350. The number of nitrogens with zero attached hydrogens (tertiary/aromatic N) is 1. The molecule has 0 heterocycles. The van der Waals surface area contributed by atoms with Crippen LogP contribution in [0.5, 0.6) is 17.2 Å². The van der Waals surface area contributed by atoms with Gasteiger partial charge in [0.05, 0.1) is 7.11 Å². The predicted octanol–water partition coefficient (Wildman–Crippen LogP) is 4.07. The molecule has 0 bridgehead atoms. The van der Waals surface area contributed by atoms with Crippen LogP contribution in [0.25, 0.3) is 0 Å². The van der Waals surface area contributed by atoms with Crippen LogP contribution < -0.4 is 24.8 Å². The summed E-state index contributed by atoms with van der Waals surface area (Å²) in [5, 5.41) is 6.02. The molecule has 0 spiro atoms. The van der Waals surface area contributed by atoms with Crippen LogP contribution in [-0.4, -0.2) is 33.3 Å². The highest BCUT2D eigenvalue weighted by Gasteiger charge is 2.13. The van der Waals surface area contributed by atoms with Crippen molar-refractivity contribution in [1.29, 1.82) is 0 Å². The van der Waals surface area contributed by atoms with E-state index in [1.54, 1.807) is 25.2 Å². The molecule has 2 aromatic carbocycles. The van der Waals surface area contributed by atoms with Gasteiger partial charge in [0.1, 0.15) is 5.75 Å². The van der Waals surface area contributed by atoms with E-state index in [0.29, 0.717) is 17.1 Å². The second-order valence-corrected chi connectivity index (χ2v) is 6.13. The number of hydrogen-bond donors (Lipinski definition) is 2. The Hall–Kier alpha value is -3.17. The molecule has 2 aromatic rings. The minimum absolute atomic E-state index is 0.0718. The van der Waals surface area contributed by atoms with E-state index in [4.69, 9.17) is 4.74 Å². The van der Waals surface area contributed by atoms with Crippen molar-refractivity contribution in [2.75, 3.05) is 14.2 Å². The van der Waals surface area contributed by atoms with E-state index in [9.17, 15) is 17.6 Å². The normalized spacial score (nSPS) is 11.6. The smallest absolute Gasteiger partial charge is 0.387 e. The average Bonchev–Trinajstić information content (AvgIpc) is 2.69. The first-order valence-corrected chi connectivity index (χ1v) is 8.93. The van der Waals surface area contributed by atoms with Crippen LogP contribution >= 0.6 is 0 Å². The summed E-state index contributed by atoms with van der Waals surface area (Å²) in [4.78, 5) is 4.07.